The number of carbonyl (C=O) groups excluding carboxylic acids is 1. The fraction of sp³-hybridized carbons (Fsp3) is 0.857. The highest BCUT2D eigenvalue weighted by molar-refractivity contribution is 5.91. The van der Waals surface area contributed by atoms with E-state index in [4.69, 9.17) is 0 Å². The standard InChI is InChI=1S/C21H32O2/c1-13(2)21-11-9-17-16(18(21)6-7-19(21)23)5-4-14-12-15(22)8-10-20(14,17)3/h12-13,16-19,23H,4-11H2,1-3H3. The summed E-state index contributed by atoms with van der Waals surface area (Å²) in [6.07, 6.45) is 10.7. The van der Waals surface area contributed by atoms with E-state index in [-0.39, 0.29) is 16.9 Å². The molecule has 0 spiro atoms. The number of aliphatic hydroxyl groups excluding tert-OH is 1. The smallest absolute Gasteiger partial charge is 0.155 e. The van der Waals surface area contributed by atoms with Crippen molar-refractivity contribution in [2.75, 3.05) is 0 Å². The fourth-order valence-corrected chi connectivity index (χ4v) is 7.36. The summed E-state index contributed by atoms with van der Waals surface area (Å²) in [5, 5.41) is 10.8. The van der Waals surface area contributed by atoms with Gasteiger partial charge >= 0.3 is 0 Å². The van der Waals surface area contributed by atoms with Crippen LogP contribution in [0.1, 0.15) is 72.1 Å². The fourth-order valence-electron chi connectivity index (χ4n) is 7.36. The minimum atomic E-state index is -0.0915. The van der Waals surface area contributed by atoms with Crippen LogP contribution in [-0.4, -0.2) is 17.0 Å². The number of rotatable bonds is 1. The van der Waals surface area contributed by atoms with Crippen LogP contribution in [0.4, 0.5) is 0 Å². The third-order valence-electron chi connectivity index (χ3n) is 8.58. The Morgan fingerprint density at radius 3 is 2.61 bits per heavy atom. The largest absolute Gasteiger partial charge is 0.393 e. The van der Waals surface area contributed by atoms with Gasteiger partial charge in [0.2, 0.25) is 0 Å². The molecule has 128 valence electrons. The van der Waals surface area contributed by atoms with Crippen LogP contribution in [-0.2, 0) is 4.79 Å². The van der Waals surface area contributed by atoms with Crippen molar-refractivity contribution in [3.05, 3.63) is 11.6 Å². The Balaban J connectivity index is 1.70. The van der Waals surface area contributed by atoms with E-state index >= 15 is 0 Å². The number of aliphatic hydroxyl groups is 1. The molecule has 0 saturated heterocycles. The minimum Gasteiger partial charge on any atom is -0.393 e. The highest BCUT2D eigenvalue weighted by atomic mass is 16.3. The second-order valence-corrected chi connectivity index (χ2v) is 9.37. The van der Waals surface area contributed by atoms with Gasteiger partial charge in [0, 0.05) is 11.8 Å². The van der Waals surface area contributed by atoms with E-state index in [0.29, 0.717) is 17.6 Å². The van der Waals surface area contributed by atoms with E-state index < -0.39 is 0 Å². The molecular formula is C21H32O2. The normalized spacial score (nSPS) is 49.4. The molecule has 3 saturated carbocycles. The van der Waals surface area contributed by atoms with Crippen LogP contribution < -0.4 is 0 Å². The van der Waals surface area contributed by atoms with Gasteiger partial charge in [-0.15, -0.1) is 0 Å². The van der Waals surface area contributed by atoms with Gasteiger partial charge in [0.05, 0.1) is 6.10 Å². The molecular weight excluding hydrogens is 284 g/mol. The second-order valence-electron chi connectivity index (χ2n) is 9.37. The number of hydrogen-bond donors (Lipinski definition) is 1. The first-order valence-electron chi connectivity index (χ1n) is 9.81. The highest BCUT2D eigenvalue weighted by Crippen LogP contribution is 2.67. The molecule has 0 amide bonds. The lowest BCUT2D eigenvalue weighted by Gasteiger charge is -2.59. The molecule has 4 rings (SSSR count). The van der Waals surface area contributed by atoms with Crippen LogP contribution in [0.2, 0.25) is 0 Å². The van der Waals surface area contributed by atoms with E-state index in [9.17, 15) is 9.90 Å². The third kappa shape index (κ3) is 2.00. The average molecular weight is 316 g/mol. The molecule has 3 fully saturated rings. The Kier molecular flexibility index (Phi) is 3.58. The van der Waals surface area contributed by atoms with Crippen molar-refractivity contribution in [1.29, 1.82) is 0 Å². The van der Waals surface area contributed by atoms with Gasteiger partial charge < -0.3 is 5.11 Å². The minimum absolute atomic E-state index is 0.0915. The van der Waals surface area contributed by atoms with Crippen LogP contribution in [0.15, 0.2) is 11.6 Å². The number of ketones is 1. The molecule has 0 heterocycles. The first-order valence-corrected chi connectivity index (χ1v) is 9.81. The van der Waals surface area contributed by atoms with E-state index in [0.717, 1.165) is 37.5 Å². The number of hydrogen-bond acceptors (Lipinski definition) is 2. The molecule has 0 bridgehead atoms. The predicted molar refractivity (Wildman–Crippen MR) is 91.9 cm³/mol. The Morgan fingerprint density at radius 1 is 1.09 bits per heavy atom. The van der Waals surface area contributed by atoms with Gasteiger partial charge in [0.15, 0.2) is 5.78 Å². The summed E-state index contributed by atoms with van der Waals surface area (Å²) in [6, 6.07) is 0. The van der Waals surface area contributed by atoms with Gasteiger partial charge in [-0.25, -0.2) is 0 Å². The Morgan fingerprint density at radius 2 is 1.87 bits per heavy atom. The monoisotopic (exact) mass is 316 g/mol. The van der Waals surface area contributed by atoms with Crippen LogP contribution >= 0.6 is 0 Å². The van der Waals surface area contributed by atoms with Crippen molar-refractivity contribution in [3.8, 4) is 0 Å². The predicted octanol–water partition coefficient (Wildman–Crippen LogP) is 4.52. The second kappa shape index (κ2) is 5.18. The van der Waals surface area contributed by atoms with Crippen molar-refractivity contribution in [3.63, 3.8) is 0 Å². The molecule has 1 N–H and O–H groups in total. The van der Waals surface area contributed by atoms with Crippen molar-refractivity contribution in [2.45, 2.75) is 78.2 Å². The van der Waals surface area contributed by atoms with E-state index in [1.165, 1.54) is 31.3 Å². The molecule has 0 aromatic heterocycles. The summed E-state index contributed by atoms with van der Waals surface area (Å²) >= 11 is 0. The first-order chi connectivity index (χ1) is 10.9. The summed E-state index contributed by atoms with van der Waals surface area (Å²) in [6.45, 7) is 7.10. The Bertz CT molecular complexity index is 548. The number of carbonyl (C=O) groups is 1. The molecule has 6 unspecified atom stereocenters. The molecule has 0 aliphatic heterocycles. The quantitative estimate of drug-likeness (QED) is 0.772. The zero-order valence-electron chi connectivity index (χ0n) is 15.0. The summed E-state index contributed by atoms with van der Waals surface area (Å²) in [4.78, 5) is 11.9. The van der Waals surface area contributed by atoms with Gasteiger partial charge in [0.1, 0.15) is 0 Å². The van der Waals surface area contributed by atoms with Crippen molar-refractivity contribution in [1.82, 2.24) is 0 Å². The van der Waals surface area contributed by atoms with Gasteiger partial charge in [0.25, 0.3) is 0 Å². The SMILES string of the molecule is CC(C)C12CCC3C(CCC4=CC(=O)CCC43C)C1CCC2O. The zero-order valence-corrected chi connectivity index (χ0v) is 15.0. The molecule has 4 aliphatic rings. The lowest BCUT2D eigenvalue weighted by molar-refractivity contribution is -0.121. The van der Waals surface area contributed by atoms with Crippen LogP contribution in [0.25, 0.3) is 0 Å². The van der Waals surface area contributed by atoms with Gasteiger partial charge in [-0.3, -0.25) is 4.79 Å². The van der Waals surface area contributed by atoms with Gasteiger partial charge in [-0.05, 0) is 80.1 Å². The molecule has 0 aromatic rings. The molecule has 4 aliphatic carbocycles. The van der Waals surface area contributed by atoms with E-state index in [1.54, 1.807) is 0 Å². The number of allylic oxidation sites excluding steroid dienone is 1. The van der Waals surface area contributed by atoms with Crippen molar-refractivity contribution in [2.24, 2.45) is 34.5 Å². The summed E-state index contributed by atoms with van der Waals surface area (Å²) < 4.78 is 0. The molecule has 2 heteroatoms. The highest BCUT2D eigenvalue weighted by Gasteiger charge is 2.61. The lowest BCUT2D eigenvalue weighted by Crippen LogP contribution is -2.54. The summed E-state index contributed by atoms with van der Waals surface area (Å²) in [7, 11) is 0. The first kappa shape index (κ1) is 15.9. The Hall–Kier alpha value is -0.630. The maximum Gasteiger partial charge on any atom is 0.155 e. The van der Waals surface area contributed by atoms with Crippen LogP contribution in [0.3, 0.4) is 0 Å². The van der Waals surface area contributed by atoms with Crippen LogP contribution in [0.5, 0.6) is 0 Å². The maximum absolute atomic E-state index is 11.9. The topological polar surface area (TPSA) is 37.3 Å². The molecule has 0 radical (unpaired) electrons. The maximum atomic E-state index is 11.9. The lowest BCUT2D eigenvalue weighted by atomic mass is 9.45. The van der Waals surface area contributed by atoms with E-state index in [1.807, 2.05) is 6.08 Å². The Labute approximate surface area is 140 Å². The molecule has 23 heavy (non-hydrogen) atoms. The average Bonchev–Trinajstić information content (AvgIpc) is 2.86. The molecule has 2 nitrogen and oxygen atoms in total. The molecule has 6 atom stereocenters. The number of fused-ring (bicyclic) bond motifs is 5. The summed E-state index contributed by atoms with van der Waals surface area (Å²) in [5.74, 6) is 3.12. The molecule has 0 aromatic carbocycles. The zero-order chi connectivity index (χ0) is 16.4. The summed E-state index contributed by atoms with van der Waals surface area (Å²) in [5.41, 5.74) is 1.88. The van der Waals surface area contributed by atoms with Crippen LogP contribution in [0, 0.1) is 34.5 Å². The van der Waals surface area contributed by atoms with Crippen molar-refractivity contribution >= 4 is 5.78 Å². The van der Waals surface area contributed by atoms with E-state index in [2.05, 4.69) is 20.8 Å². The van der Waals surface area contributed by atoms with Crippen molar-refractivity contribution < 1.29 is 9.90 Å². The van der Waals surface area contributed by atoms with Gasteiger partial charge in [-0.1, -0.05) is 26.3 Å². The van der Waals surface area contributed by atoms with Gasteiger partial charge in [-0.2, -0.15) is 0 Å². The third-order valence-corrected chi connectivity index (χ3v) is 8.58.